The zero-order chi connectivity index (χ0) is 32.1. The number of ether oxygens (including phenoxy) is 2. The summed E-state index contributed by atoms with van der Waals surface area (Å²) >= 11 is 0. The van der Waals surface area contributed by atoms with E-state index >= 15 is 0 Å². The summed E-state index contributed by atoms with van der Waals surface area (Å²) in [5.74, 6) is 0.126. The minimum absolute atomic E-state index is 0.0151. The summed E-state index contributed by atoms with van der Waals surface area (Å²) in [7, 11) is 6.04. The number of fused-ring (bicyclic) bond motifs is 1. The molecule has 1 aromatic heterocycles. The Balaban J connectivity index is 1.87. The number of aliphatic hydroxyl groups is 1. The van der Waals surface area contributed by atoms with Gasteiger partial charge >= 0.3 is 0 Å². The van der Waals surface area contributed by atoms with Gasteiger partial charge in [-0.15, -0.1) is 0 Å². The highest BCUT2D eigenvalue weighted by Gasteiger charge is 2.30. The molecule has 2 amide bonds. The Hall–Kier alpha value is -3.05. The van der Waals surface area contributed by atoms with Crippen LogP contribution in [0.1, 0.15) is 68.8 Å². The molecule has 0 saturated carbocycles. The van der Waals surface area contributed by atoms with Crippen LogP contribution >= 0.6 is 0 Å². The highest BCUT2D eigenvalue weighted by molar-refractivity contribution is 5.99. The van der Waals surface area contributed by atoms with Gasteiger partial charge in [-0.25, -0.2) is 0 Å². The van der Waals surface area contributed by atoms with Crippen LogP contribution in [0.5, 0.6) is 5.75 Å². The maximum Gasteiger partial charge on any atom is 0.258 e. The number of likely N-dealkylation sites (N-methyl/N-ethyl adjacent to an activating group) is 1. The maximum absolute atomic E-state index is 14.3. The smallest absolute Gasteiger partial charge is 0.258 e. The van der Waals surface area contributed by atoms with E-state index in [1.54, 1.807) is 35.5 Å². The number of rotatable bonds is 11. The third-order valence-corrected chi connectivity index (χ3v) is 8.04. The Bertz CT molecular complexity index is 1160. The summed E-state index contributed by atoms with van der Waals surface area (Å²) in [4.78, 5) is 37.1. The number of nitrogens with zero attached hydrogens (tertiary/aromatic N) is 4. The number of anilines is 1. The van der Waals surface area contributed by atoms with Crippen molar-refractivity contribution in [3.05, 3.63) is 53.9 Å². The molecule has 4 atom stereocenters. The predicted octanol–water partition coefficient (Wildman–Crippen LogP) is 4.29. The first kappa shape index (κ1) is 35.4. The topological polar surface area (TPSA) is 107 Å². The highest BCUT2D eigenvalue weighted by Crippen LogP contribution is 2.28. The van der Waals surface area contributed by atoms with E-state index in [0.29, 0.717) is 43.1 Å². The Morgan fingerprint density at radius 2 is 1.91 bits per heavy atom. The number of carbonyl (C=O) groups excluding carboxylic acids is 2. The molecule has 2 aromatic rings. The number of pyridine rings is 1. The first-order valence-electron chi connectivity index (χ1n) is 15.9. The summed E-state index contributed by atoms with van der Waals surface area (Å²) in [6.07, 6.45) is 7.16. The van der Waals surface area contributed by atoms with Crippen molar-refractivity contribution in [3.63, 3.8) is 0 Å². The lowest BCUT2D eigenvalue weighted by Gasteiger charge is -2.36. The van der Waals surface area contributed by atoms with Gasteiger partial charge in [-0.3, -0.25) is 19.5 Å². The number of amides is 2. The number of carbonyl (C=O) groups is 2. The first-order valence-corrected chi connectivity index (χ1v) is 15.9. The standard InChI is InChI=1S/C34H53N5O5/c1-25-21-39(26(2)24-40)34(42)30-20-29(36-33(41)11-9-18-37(4)5)12-13-31(30)44-27(3)10-7-8-19-43-32(25)23-38(6)22-28-14-16-35-17-15-28/h12-17,20,25-27,32,40H,7-11,18-19,21-24H2,1-6H3,(H,36,41)/t25-,26+,27+,32-/m0/s1. The van der Waals surface area contributed by atoms with E-state index in [0.717, 1.165) is 38.8 Å². The summed E-state index contributed by atoms with van der Waals surface area (Å²) in [6.45, 7) is 9.07. The number of hydrogen-bond donors (Lipinski definition) is 2. The molecule has 244 valence electrons. The summed E-state index contributed by atoms with van der Waals surface area (Å²) in [5.41, 5.74) is 2.10. The molecule has 1 aromatic carbocycles. The highest BCUT2D eigenvalue weighted by atomic mass is 16.5. The van der Waals surface area contributed by atoms with Crippen molar-refractivity contribution in [3.8, 4) is 5.75 Å². The van der Waals surface area contributed by atoms with E-state index < -0.39 is 6.04 Å². The van der Waals surface area contributed by atoms with E-state index in [9.17, 15) is 14.7 Å². The molecule has 0 radical (unpaired) electrons. The van der Waals surface area contributed by atoms with Crippen molar-refractivity contribution in [2.24, 2.45) is 5.92 Å². The number of benzene rings is 1. The minimum Gasteiger partial charge on any atom is -0.490 e. The summed E-state index contributed by atoms with van der Waals surface area (Å²) in [6, 6.07) is 8.87. The molecule has 1 aliphatic rings. The summed E-state index contributed by atoms with van der Waals surface area (Å²) in [5, 5.41) is 13.1. The van der Waals surface area contributed by atoms with Gasteiger partial charge in [0.2, 0.25) is 5.91 Å². The van der Waals surface area contributed by atoms with Crippen LogP contribution in [0.2, 0.25) is 0 Å². The van der Waals surface area contributed by atoms with Crippen LogP contribution in [0.25, 0.3) is 0 Å². The van der Waals surface area contributed by atoms with Crippen LogP contribution in [0.4, 0.5) is 5.69 Å². The van der Waals surface area contributed by atoms with E-state index in [1.165, 1.54) is 5.56 Å². The van der Waals surface area contributed by atoms with E-state index in [-0.39, 0.29) is 36.5 Å². The molecule has 0 saturated heterocycles. The fourth-order valence-electron chi connectivity index (χ4n) is 5.41. The Labute approximate surface area is 263 Å². The lowest BCUT2D eigenvalue weighted by molar-refractivity contribution is -0.116. The van der Waals surface area contributed by atoms with E-state index in [2.05, 4.69) is 29.2 Å². The molecular formula is C34H53N5O5. The molecule has 10 heteroatoms. The van der Waals surface area contributed by atoms with Gasteiger partial charge < -0.3 is 29.7 Å². The Morgan fingerprint density at radius 1 is 1.16 bits per heavy atom. The number of nitrogens with one attached hydrogen (secondary N) is 1. The molecule has 44 heavy (non-hydrogen) atoms. The summed E-state index contributed by atoms with van der Waals surface area (Å²) < 4.78 is 12.8. The van der Waals surface area contributed by atoms with Crippen LogP contribution in [0, 0.1) is 5.92 Å². The molecule has 0 unspecified atom stereocenters. The quantitative estimate of drug-likeness (QED) is 0.388. The van der Waals surface area contributed by atoms with Crippen LogP contribution < -0.4 is 10.1 Å². The second-order valence-corrected chi connectivity index (χ2v) is 12.5. The monoisotopic (exact) mass is 611 g/mol. The third kappa shape index (κ3) is 11.5. The average molecular weight is 612 g/mol. The van der Waals surface area contributed by atoms with Crippen molar-refractivity contribution in [2.75, 3.05) is 59.3 Å². The molecule has 0 spiro atoms. The third-order valence-electron chi connectivity index (χ3n) is 8.04. The lowest BCUT2D eigenvalue weighted by Crippen LogP contribution is -2.47. The fraction of sp³-hybridized carbons (Fsp3) is 0.618. The molecule has 3 rings (SSSR count). The van der Waals surface area contributed by atoms with Gasteiger partial charge in [0.1, 0.15) is 5.75 Å². The zero-order valence-corrected chi connectivity index (χ0v) is 27.5. The SMILES string of the molecule is C[C@@H]1CCCCO[C@@H](CN(C)Cc2ccncc2)[C@@H](C)CN([C@H](C)CO)C(=O)c2cc(NC(=O)CCCN(C)C)ccc2O1. The molecule has 10 nitrogen and oxygen atoms in total. The second-order valence-electron chi connectivity index (χ2n) is 12.5. The number of aromatic nitrogens is 1. The molecule has 0 aliphatic carbocycles. The van der Waals surface area contributed by atoms with Crippen molar-refractivity contribution >= 4 is 17.5 Å². The van der Waals surface area contributed by atoms with E-state index in [4.69, 9.17) is 9.47 Å². The van der Waals surface area contributed by atoms with Crippen LogP contribution in [-0.2, 0) is 16.1 Å². The largest absolute Gasteiger partial charge is 0.490 e. The van der Waals surface area contributed by atoms with Crippen LogP contribution in [-0.4, -0.2) is 109 Å². The Morgan fingerprint density at radius 3 is 2.61 bits per heavy atom. The normalized spacial score (nSPS) is 21.0. The van der Waals surface area contributed by atoms with Gasteiger partial charge in [0.25, 0.3) is 5.91 Å². The number of hydrogen-bond acceptors (Lipinski definition) is 8. The van der Waals surface area contributed by atoms with Gasteiger partial charge in [0.15, 0.2) is 0 Å². The van der Waals surface area contributed by atoms with Gasteiger partial charge in [0, 0.05) is 56.7 Å². The zero-order valence-electron chi connectivity index (χ0n) is 27.5. The maximum atomic E-state index is 14.3. The predicted molar refractivity (Wildman–Crippen MR) is 174 cm³/mol. The molecule has 2 heterocycles. The van der Waals surface area contributed by atoms with Gasteiger partial charge in [-0.2, -0.15) is 0 Å². The van der Waals surface area contributed by atoms with Gasteiger partial charge in [0.05, 0.1) is 30.4 Å². The molecule has 1 aliphatic heterocycles. The Kier molecular flexibility index (Phi) is 14.5. The minimum atomic E-state index is -0.428. The number of aliphatic hydroxyl groups excluding tert-OH is 1. The van der Waals surface area contributed by atoms with Crippen LogP contribution in [0.15, 0.2) is 42.7 Å². The average Bonchev–Trinajstić information content (AvgIpc) is 2.98. The lowest BCUT2D eigenvalue weighted by atomic mass is 10.0. The molecular weight excluding hydrogens is 558 g/mol. The molecule has 0 fully saturated rings. The van der Waals surface area contributed by atoms with Gasteiger partial charge in [-0.1, -0.05) is 6.92 Å². The van der Waals surface area contributed by atoms with Gasteiger partial charge in [-0.05, 0) is 103 Å². The van der Waals surface area contributed by atoms with Crippen molar-refractivity contribution in [1.82, 2.24) is 19.7 Å². The van der Waals surface area contributed by atoms with Crippen molar-refractivity contribution < 1.29 is 24.2 Å². The molecule has 2 N–H and O–H groups in total. The molecule has 0 bridgehead atoms. The van der Waals surface area contributed by atoms with Crippen molar-refractivity contribution in [1.29, 1.82) is 0 Å². The van der Waals surface area contributed by atoms with Crippen LogP contribution in [0.3, 0.4) is 0 Å². The second kappa shape index (κ2) is 18.0. The van der Waals surface area contributed by atoms with E-state index in [1.807, 2.05) is 45.0 Å². The van der Waals surface area contributed by atoms with Crippen molar-refractivity contribution in [2.45, 2.75) is 77.7 Å². The fourth-order valence-corrected chi connectivity index (χ4v) is 5.41. The first-order chi connectivity index (χ1) is 21.1.